The van der Waals surface area contributed by atoms with Crippen LogP contribution < -0.4 is 10.9 Å². The van der Waals surface area contributed by atoms with Crippen molar-refractivity contribution in [2.24, 2.45) is 5.92 Å². The zero-order chi connectivity index (χ0) is 23.7. The van der Waals surface area contributed by atoms with Crippen LogP contribution in [0.2, 0.25) is 0 Å². The Kier molecular flexibility index (Phi) is 9.40. The highest BCUT2D eigenvalue weighted by atomic mass is 35.5. The zero-order valence-electron chi connectivity index (χ0n) is 18.7. The fraction of sp³-hybridized carbons (Fsp3) is 0.333. The first kappa shape index (κ1) is 25.1. The summed E-state index contributed by atoms with van der Waals surface area (Å²) >= 11 is 6.10. The Morgan fingerprint density at radius 1 is 1.38 bits per heavy atom. The lowest BCUT2D eigenvalue weighted by Crippen LogP contribution is -2.26. The van der Waals surface area contributed by atoms with Gasteiger partial charge < -0.3 is 20.3 Å². The maximum atomic E-state index is 12.5. The van der Waals surface area contributed by atoms with Crippen molar-refractivity contribution in [3.63, 3.8) is 0 Å². The summed E-state index contributed by atoms with van der Waals surface area (Å²) in [7, 11) is 0. The SMILES string of the molecule is C=C(Cl)/C(=C\C(=C\NCc1nn(CC=O)c(=O)c2ccccc12)C(C)=N)OCC(C)CC. The van der Waals surface area contributed by atoms with Gasteiger partial charge in [0.05, 0.1) is 29.3 Å². The molecule has 1 aromatic heterocycles. The summed E-state index contributed by atoms with van der Waals surface area (Å²) in [6.45, 7) is 10.2. The van der Waals surface area contributed by atoms with Crippen LogP contribution in [0.1, 0.15) is 32.9 Å². The quantitative estimate of drug-likeness (QED) is 0.215. The molecule has 2 N–H and O–H groups in total. The van der Waals surface area contributed by atoms with Gasteiger partial charge in [0.15, 0.2) is 0 Å². The van der Waals surface area contributed by atoms with E-state index in [0.29, 0.717) is 52.3 Å². The molecule has 0 aliphatic carbocycles. The summed E-state index contributed by atoms with van der Waals surface area (Å²) < 4.78 is 6.95. The average molecular weight is 457 g/mol. The molecule has 0 radical (unpaired) electrons. The average Bonchev–Trinajstić information content (AvgIpc) is 2.77. The lowest BCUT2D eigenvalue weighted by molar-refractivity contribution is -0.108. The van der Waals surface area contributed by atoms with Crippen LogP contribution in [0, 0.1) is 11.3 Å². The smallest absolute Gasteiger partial charge is 0.275 e. The molecule has 0 saturated heterocycles. The lowest BCUT2D eigenvalue weighted by Gasteiger charge is -2.14. The van der Waals surface area contributed by atoms with Gasteiger partial charge in [-0.1, -0.05) is 56.6 Å². The van der Waals surface area contributed by atoms with E-state index >= 15 is 0 Å². The van der Waals surface area contributed by atoms with E-state index in [1.54, 1.807) is 31.3 Å². The first-order chi connectivity index (χ1) is 15.3. The van der Waals surface area contributed by atoms with E-state index < -0.39 is 0 Å². The maximum Gasteiger partial charge on any atom is 0.275 e. The number of aromatic nitrogens is 2. The molecule has 0 spiro atoms. The topological polar surface area (TPSA) is 97.1 Å². The molecule has 0 aliphatic heterocycles. The van der Waals surface area contributed by atoms with Crippen molar-refractivity contribution in [3.8, 4) is 0 Å². The zero-order valence-corrected chi connectivity index (χ0v) is 19.4. The second kappa shape index (κ2) is 12.0. The van der Waals surface area contributed by atoms with Crippen molar-refractivity contribution in [2.75, 3.05) is 6.61 Å². The molecule has 0 fully saturated rings. The van der Waals surface area contributed by atoms with Gasteiger partial charge in [0.1, 0.15) is 18.6 Å². The Morgan fingerprint density at radius 3 is 2.66 bits per heavy atom. The lowest BCUT2D eigenvalue weighted by atomic mass is 10.1. The molecule has 1 unspecified atom stereocenters. The molecule has 0 amide bonds. The predicted molar refractivity (Wildman–Crippen MR) is 129 cm³/mol. The fourth-order valence-corrected chi connectivity index (χ4v) is 2.94. The van der Waals surface area contributed by atoms with Crippen LogP contribution in [0.4, 0.5) is 0 Å². The fourth-order valence-electron chi connectivity index (χ4n) is 2.84. The van der Waals surface area contributed by atoms with Crippen molar-refractivity contribution >= 4 is 34.4 Å². The summed E-state index contributed by atoms with van der Waals surface area (Å²) in [5.41, 5.74) is 1.18. The highest BCUT2D eigenvalue weighted by Gasteiger charge is 2.11. The highest BCUT2D eigenvalue weighted by molar-refractivity contribution is 6.31. The first-order valence-electron chi connectivity index (χ1n) is 10.4. The van der Waals surface area contributed by atoms with Crippen LogP contribution in [0.3, 0.4) is 0 Å². The van der Waals surface area contributed by atoms with Gasteiger partial charge in [0.25, 0.3) is 5.56 Å². The molecule has 8 heteroatoms. The first-order valence-corrected chi connectivity index (χ1v) is 10.8. The number of allylic oxidation sites excluding steroid dienone is 3. The third kappa shape index (κ3) is 6.65. The number of fused-ring (bicyclic) bond motifs is 1. The van der Waals surface area contributed by atoms with Crippen molar-refractivity contribution < 1.29 is 9.53 Å². The van der Waals surface area contributed by atoms with Crippen LogP contribution in [-0.2, 0) is 22.6 Å². The number of carbonyl (C=O) groups excluding carboxylic acids is 1. The molecule has 7 nitrogen and oxygen atoms in total. The van der Waals surface area contributed by atoms with Crippen LogP contribution in [0.5, 0.6) is 0 Å². The molecular formula is C24H29ClN4O3. The molecule has 2 aromatic rings. The van der Waals surface area contributed by atoms with E-state index in [1.165, 1.54) is 0 Å². The largest absolute Gasteiger partial charge is 0.492 e. The summed E-state index contributed by atoms with van der Waals surface area (Å²) in [6.07, 6.45) is 4.96. The molecule has 1 atom stereocenters. The van der Waals surface area contributed by atoms with E-state index in [0.717, 1.165) is 11.1 Å². The number of aldehydes is 1. The van der Waals surface area contributed by atoms with Crippen LogP contribution >= 0.6 is 11.6 Å². The predicted octanol–water partition coefficient (Wildman–Crippen LogP) is 4.31. The molecule has 2 rings (SSSR count). The van der Waals surface area contributed by atoms with Crippen LogP contribution in [0.25, 0.3) is 10.8 Å². The second-order valence-corrected chi connectivity index (χ2v) is 7.95. The third-order valence-electron chi connectivity index (χ3n) is 4.93. The minimum absolute atomic E-state index is 0.116. The number of benzene rings is 1. The van der Waals surface area contributed by atoms with Gasteiger partial charge in [0, 0.05) is 22.9 Å². The van der Waals surface area contributed by atoms with Crippen molar-refractivity contribution in [2.45, 2.75) is 40.3 Å². The second-order valence-electron chi connectivity index (χ2n) is 7.49. The highest BCUT2D eigenvalue weighted by Crippen LogP contribution is 2.19. The normalized spacial score (nSPS) is 13.0. The van der Waals surface area contributed by atoms with Gasteiger partial charge in [-0.15, -0.1) is 0 Å². The van der Waals surface area contributed by atoms with Crippen molar-refractivity contribution in [3.05, 3.63) is 75.5 Å². The number of carbonyl (C=O) groups is 1. The van der Waals surface area contributed by atoms with Crippen molar-refractivity contribution in [1.82, 2.24) is 15.1 Å². The monoisotopic (exact) mass is 456 g/mol. The molecule has 1 heterocycles. The standard InChI is InChI=1S/C24H29ClN4O3/c1-5-16(2)15-32-23(17(3)25)12-19(18(4)26)13-27-14-22-20-8-6-7-9-21(20)24(31)29(28-22)10-11-30/h6-9,11-13,16,26-27H,3,5,10,14-15H2,1-2,4H3/b19-13-,23-12+,26-18?. The molecule has 170 valence electrons. The van der Waals surface area contributed by atoms with E-state index in [9.17, 15) is 9.59 Å². The number of halogens is 1. The number of nitrogens with one attached hydrogen (secondary N) is 2. The summed E-state index contributed by atoms with van der Waals surface area (Å²) in [4.78, 5) is 23.4. The van der Waals surface area contributed by atoms with E-state index in [2.05, 4.69) is 30.8 Å². The Balaban J connectivity index is 2.32. The number of ether oxygens (including phenoxy) is 1. The number of nitrogens with zero attached hydrogens (tertiary/aromatic N) is 2. The molecule has 0 aliphatic rings. The summed E-state index contributed by atoms with van der Waals surface area (Å²) in [6, 6.07) is 7.13. The van der Waals surface area contributed by atoms with Gasteiger partial charge in [-0.25, -0.2) is 4.68 Å². The third-order valence-corrected chi connectivity index (χ3v) is 5.11. The van der Waals surface area contributed by atoms with Crippen LogP contribution in [-0.4, -0.2) is 28.4 Å². The molecule has 32 heavy (non-hydrogen) atoms. The Morgan fingerprint density at radius 2 is 2.06 bits per heavy atom. The maximum absolute atomic E-state index is 12.5. The number of hydrogen-bond donors (Lipinski definition) is 2. The molecule has 0 saturated carbocycles. The minimum atomic E-state index is -0.310. The Bertz CT molecular complexity index is 1120. The Labute approximate surface area is 192 Å². The van der Waals surface area contributed by atoms with E-state index in [-0.39, 0.29) is 23.7 Å². The summed E-state index contributed by atoms with van der Waals surface area (Å²) in [5, 5.41) is 17.0. The molecular weight excluding hydrogens is 428 g/mol. The number of rotatable bonds is 12. The summed E-state index contributed by atoms with van der Waals surface area (Å²) in [5.74, 6) is 0.775. The molecule has 1 aromatic carbocycles. The van der Waals surface area contributed by atoms with Gasteiger partial charge in [-0.05, 0) is 25.0 Å². The van der Waals surface area contributed by atoms with E-state index in [4.69, 9.17) is 21.7 Å². The molecule has 0 bridgehead atoms. The van der Waals surface area contributed by atoms with Gasteiger partial charge in [-0.2, -0.15) is 5.10 Å². The van der Waals surface area contributed by atoms with Gasteiger partial charge in [-0.3, -0.25) is 4.79 Å². The van der Waals surface area contributed by atoms with E-state index in [1.807, 2.05) is 12.1 Å². The Hall–Kier alpha value is -3.19. The van der Waals surface area contributed by atoms with Gasteiger partial charge >= 0.3 is 0 Å². The minimum Gasteiger partial charge on any atom is -0.492 e. The van der Waals surface area contributed by atoms with Crippen molar-refractivity contribution in [1.29, 1.82) is 5.41 Å². The van der Waals surface area contributed by atoms with Crippen LogP contribution in [0.15, 0.2) is 64.3 Å². The van der Waals surface area contributed by atoms with Gasteiger partial charge in [0.2, 0.25) is 0 Å². The number of hydrogen-bond acceptors (Lipinski definition) is 6.